The van der Waals surface area contributed by atoms with Crippen LogP contribution in [-0.4, -0.2) is 32.3 Å². The maximum Gasteiger partial charge on any atom is 0.416 e. The maximum absolute atomic E-state index is 12.4. The van der Waals surface area contributed by atoms with Crippen molar-refractivity contribution in [1.29, 1.82) is 0 Å². The highest BCUT2D eigenvalue weighted by atomic mass is 19.4. The normalized spacial score (nSPS) is 13.9. The van der Waals surface area contributed by atoms with Crippen LogP contribution in [0.2, 0.25) is 0 Å². The molecule has 0 aliphatic heterocycles. The highest BCUT2D eigenvalue weighted by Crippen LogP contribution is 2.30. The van der Waals surface area contributed by atoms with Crippen LogP contribution in [0.15, 0.2) is 24.3 Å². The van der Waals surface area contributed by atoms with Crippen LogP contribution in [-0.2, 0) is 25.2 Å². The third-order valence-corrected chi connectivity index (χ3v) is 3.47. The Labute approximate surface area is 137 Å². The van der Waals surface area contributed by atoms with Crippen molar-refractivity contribution in [2.24, 2.45) is 5.41 Å². The highest BCUT2D eigenvalue weighted by Gasteiger charge is 2.34. The number of halogens is 3. The van der Waals surface area contributed by atoms with Gasteiger partial charge in [-0.2, -0.15) is 13.2 Å². The molecule has 0 aliphatic carbocycles. The molecule has 134 valence electrons. The third-order valence-electron chi connectivity index (χ3n) is 3.47. The van der Waals surface area contributed by atoms with Crippen molar-refractivity contribution in [3.8, 4) is 5.75 Å². The molecule has 0 radical (unpaired) electrons. The van der Waals surface area contributed by atoms with E-state index in [1.165, 1.54) is 7.11 Å². The van der Waals surface area contributed by atoms with Crippen molar-refractivity contribution in [3.63, 3.8) is 0 Å². The molecule has 0 saturated heterocycles. The molecule has 0 spiro atoms. The van der Waals surface area contributed by atoms with E-state index in [1.54, 1.807) is 13.8 Å². The number of carbonyl (C=O) groups is 2. The largest absolute Gasteiger partial charge is 0.453 e. The van der Waals surface area contributed by atoms with Gasteiger partial charge in [-0.3, -0.25) is 4.79 Å². The number of benzene rings is 1. The van der Waals surface area contributed by atoms with Crippen molar-refractivity contribution >= 4 is 11.9 Å². The smallest absolute Gasteiger partial charge is 0.416 e. The van der Waals surface area contributed by atoms with E-state index in [4.69, 9.17) is 14.2 Å². The standard InChI is InChI=1S/C16H19F3O5/c1-4-15(2,10-22-3)14(21)23-9-13(20)24-12-7-5-11(6-8-12)16(17,18)19/h5-8H,4,9-10H2,1-3H3. The van der Waals surface area contributed by atoms with Gasteiger partial charge in [0.1, 0.15) is 5.75 Å². The van der Waals surface area contributed by atoms with Gasteiger partial charge in [0.2, 0.25) is 0 Å². The molecule has 0 bridgehead atoms. The molecule has 5 nitrogen and oxygen atoms in total. The molecule has 0 saturated carbocycles. The maximum atomic E-state index is 12.4. The summed E-state index contributed by atoms with van der Waals surface area (Å²) in [6, 6.07) is 3.62. The molecule has 1 rings (SSSR count). The topological polar surface area (TPSA) is 61.8 Å². The molecule has 8 heteroatoms. The van der Waals surface area contributed by atoms with Gasteiger partial charge in [-0.25, -0.2) is 4.79 Å². The SMILES string of the molecule is CCC(C)(COC)C(=O)OCC(=O)Oc1ccc(C(F)(F)F)cc1. The van der Waals surface area contributed by atoms with Crippen LogP contribution in [0.25, 0.3) is 0 Å². The predicted molar refractivity (Wildman–Crippen MR) is 78.3 cm³/mol. The monoisotopic (exact) mass is 348 g/mol. The summed E-state index contributed by atoms with van der Waals surface area (Å²) in [5, 5.41) is 0. The van der Waals surface area contributed by atoms with Crippen LogP contribution in [0.5, 0.6) is 5.75 Å². The Morgan fingerprint density at radius 2 is 1.71 bits per heavy atom. The van der Waals surface area contributed by atoms with Gasteiger partial charge in [-0.1, -0.05) is 6.92 Å². The number of esters is 2. The molecule has 0 aromatic heterocycles. The van der Waals surface area contributed by atoms with Crippen molar-refractivity contribution in [2.75, 3.05) is 20.3 Å². The zero-order valence-electron chi connectivity index (χ0n) is 13.6. The van der Waals surface area contributed by atoms with Crippen LogP contribution in [0.3, 0.4) is 0 Å². The van der Waals surface area contributed by atoms with Crippen molar-refractivity contribution < 1.29 is 37.0 Å². The number of rotatable bonds is 7. The Hall–Kier alpha value is -2.09. The summed E-state index contributed by atoms with van der Waals surface area (Å²) in [7, 11) is 1.44. The molecule has 1 unspecified atom stereocenters. The first-order valence-corrected chi connectivity index (χ1v) is 7.16. The van der Waals surface area contributed by atoms with Gasteiger partial charge >= 0.3 is 18.1 Å². The zero-order chi connectivity index (χ0) is 18.4. The van der Waals surface area contributed by atoms with Crippen LogP contribution in [0.4, 0.5) is 13.2 Å². The lowest BCUT2D eigenvalue weighted by Crippen LogP contribution is -2.35. The predicted octanol–water partition coefficient (Wildman–Crippen LogP) is 3.22. The van der Waals surface area contributed by atoms with Crippen LogP contribution in [0, 0.1) is 5.41 Å². The first kappa shape index (κ1) is 20.0. The third kappa shape index (κ3) is 5.52. The Balaban J connectivity index is 2.56. The highest BCUT2D eigenvalue weighted by molar-refractivity contribution is 5.81. The molecule has 0 aliphatic rings. The summed E-state index contributed by atoms with van der Waals surface area (Å²) in [4.78, 5) is 23.6. The Morgan fingerprint density at radius 1 is 1.12 bits per heavy atom. The van der Waals surface area contributed by atoms with Crippen molar-refractivity contribution in [1.82, 2.24) is 0 Å². The first-order chi connectivity index (χ1) is 11.1. The molecular weight excluding hydrogens is 329 g/mol. The second-order valence-electron chi connectivity index (χ2n) is 5.42. The molecule has 1 aromatic carbocycles. The van der Waals surface area contributed by atoms with Crippen LogP contribution in [0.1, 0.15) is 25.8 Å². The average Bonchev–Trinajstić information content (AvgIpc) is 2.52. The fourth-order valence-corrected chi connectivity index (χ4v) is 1.80. The van der Waals surface area contributed by atoms with Crippen molar-refractivity contribution in [2.45, 2.75) is 26.4 Å². The molecule has 0 N–H and O–H groups in total. The molecule has 0 amide bonds. The molecule has 0 fully saturated rings. The minimum absolute atomic E-state index is 0.0702. The van der Waals surface area contributed by atoms with E-state index in [0.717, 1.165) is 24.3 Å². The quantitative estimate of drug-likeness (QED) is 0.559. The summed E-state index contributed by atoms with van der Waals surface area (Å²) >= 11 is 0. The molecule has 1 atom stereocenters. The fraction of sp³-hybridized carbons (Fsp3) is 0.500. The van der Waals surface area contributed by atoms with Gasteiger partial charge in [-0.05, 0) is 37.6 Å². The first-order valence-electron chi connectivity index (χ1n) is 7.16. The van der Waals surface area contributed by atoms with E-state index < -0.39 is 35.7 Å². The van der Waals surface area contributed by atoms with E-state index >= 15 is 0 Å². The van der Waals surface area contributed by atoms with Crippen LogP contribution >= 0.6 is 0 Å². The second kappa shape index (κ2) is 8.14. The zero-order valence-corrected chi connectivity index (χ0v) is 13.6. The summed E-state index contributed by atoms with van der Waals surface area (Å²) in [5.74, 6) is -1.57. The number of carbonyl (C=O) groups excluding carboxylic acids is 2. The van der Waals surface area contributed by atoms with Gasteiger partial charge in [0.15, 0.2) is 6.61 Å². The summed E-state index contributed by atoms with van der Waals surface area (Å²) in [6.45, 7) is 2.91. The lowest BCUT2D eigenvalue weighted by Gasteiger charge is -2.24. The number of ether oxygens (including phenoxy) is 3. The minimum Gasteiger partial charge on any atom is -0.453 e. The Morgan fingerprint density at radius 3 is 2.17 bits per heavy atom. The summed E-state index contributed by atoms with van der Waals surface area (Å²) < 4.78 is 51.9. The summed E-state index contributed by atoms with van der Waals surface area (Å²) in [5.41, 5.74) is -1.74. The van der Waals surface area contributed by atoms with E-state index in [-0.39, 0.29) is 12.4 Å². The van der Waals surface area contributed by atoms with Gasteiger partial charge in [-0.15, -0.1) is 0 Å². The molecule has 24 heavy (non-hydrogen) atoms. The van der Waals surface area contributed by atoms with Crippen LogP contribution < -0.4 is 4.74 Å². The second-order valence-corrected chi connectivity index (χ2v) is 5.42. The van der Waals surface area contributed by atoms with E-state index in [0.29, 0.717) is 6.42 Å². The Kier molecular flexibility index (Phi) is 6.77. The van der Waals surface area contributed by atoms with Gasteiger partial charge in [0.05, 0.1) is 17.6 Å². The molecule has 0 heterocycles. The molecule has 1 aromatic rings. The lowest BCUT2D eigenvalue weighted by molar-refractivity contribution is -0.164. The molecular formula is C16H19F3O5. The van der Waals surface area contributed by atoms with E-state index in [1.807, 2.05) is 0 Å². The van der Waals surface area contributed by atoms with Gasteiger partial charge in [0, 0.05) is 7.11 Å². The fourth-order valence-electron chi connectivity index (χ4n) is 1.80. The summed E-state index contributed by atoms with van der Waals surface area (Å²) in [6.07, 6.45) is -4.02. The number of hydrogen-bond donors (Lipinski definition) is 0. The van der Waals surface area contributed by atoms with Gasteiger partial charge in [0.25, 0.3) is 0 Å². The van der Waals surface area contributed by atoms with Crippen molar-refractivity contribution in [3.05, 3.63) is 29.8 Å². The number of alkyl halides is 3. The number of methoxy groups -OCH3 is 1. The minimum atomic E-state index is -4.47. The number of hydrogen-bond acceptors (Lipinski definition) is 5. The average molecular weight is 348 g/mol. The lowest BCUT2D eigenvalue weighted by atomic mass is 9.89. The van der Waals surface area contributed by atoms with Gasteiger partial charge < -0.3 is 14.2 Å². The Bertz CT molecular complexity index is 568. The van der Waals surface area contributed by atoms with E-state index in [2.05, 4.69) is 0 Å². The van der Waals surface area contributed by atoms with E-state index in [9.17, 15) is 22.8 Å².